The summed E-state index contributed by atoms with van der Waals surface area (Å²) in [5.74, 6) is 1.51. The minimum Gasteiger partial charge on any atom is -0.659 e. The van der Waals surface area contributed by atoms with Gasteiger partial charge in [-0.3, -0.25) is 4.99 Å². The van der Waals surface area contributed by atoms with E-state index in [0.717, 1.165) is 72.5 Å². The summed E-state index contributed by atoms with van der Waals surface area (Å²) in [5, 5.41) is 10.9. The molecule has 2 unspecified atom stereocenters. The number of rotatable bonds is 7. The Morgan fingerprint density at radius 3 is 1.65 bits per heavy atom. The van der Waals surface area contributed by atoms with E-state index >= 15 is 0 Å². The summed E-state index contributed by atoms with van der Waals surface area (Å²) in [4.78, 5) is 15.3. The van der Waals surface area contributed by atoms with Gasteiger partial charge >= 0.3 is 0 Å². The van der Waals surface area contributed by atoms with Gasteiger partial charge in [0, 0.05) is 17.3 Å². The molecular weight excluding hydrogens is 635 g/mol. The third-order valence-electron chi connectivity index (χ3n) is 9.53. The average Bonchev–Trinajstić information content (AvgIpc) is 3.24. The molecule has 0 spiro atoms. The quantitative estimate of drug-likeness (QED) is 0.180. The van der Waals surface area contributed by atoms with E-state index in [1.54, 1.807) is 0 Å². The normalized spacial score (nSPS) is 16.8. The number of fused-ring (bicyclic) bond motifs is 1. The van der Waals surface area contributed by atoms with Gasteiger partial charge in [0.15, 0.2) is 5.84 Å². The molecule has 5 nitrogen and oxygen atoms in total. The molecule has 2 aliphatic heterocycles. The Morgan fingerprint density at radius 2 is 0.981 bits per heavy atom. The maximum atomic E-state index is 5.16. The predicted octanol–water partition coefficient (Wildman–Crippen LogP) is 10.9. The van der Waals surface area contributed by atoms with Crippen LogP contribution in [0.4, 0.5) is 0 Å². The summed E-state index contributed by atoms with van der Waals surface area (Å²) in [6.45, 7) is 0. The first-order valence-corrected chi connectivity index (χ1v) is 17.5. The summed E-state index contributed by atoms with van der Waals surface area (Å²) in [6, 6.07) is 62.8. The summed E-state index contributed by atoms with van der Waals surface area (Å²) in [5.41, 5.74) is 10.4. The molecule has 0 radical (unpaired) electrons. The second-order valence-corrected chi connectivity index (χ2v) is 12.8. The van der Waals surface area contributed by atoms with Crippen molar-refractivity contribution in [2.24, 2.45) is 15.0 Å². The number of nitrogens with zero attached hydrogens (tertiary/aromatic N) is 4. The van der Waals surface area contributed by atoms with Crippen LogP contribution in [-0.2, 0) is 0 Å². The molecule has 9 rings (SSSR count). The highest BCUT2D eigenvalue weighted by Crippen LogP contribution is 2.39. The predicted molar refractivity (Wildman–Crippen MR) is 215 cm³/mol. The molecule has 2 atom stereocenters. The van der Waals surface area contributed by atoms with Crippen molar-refractivity contribution in [3.63, 3.8) is 0 Å². The monoisotopic (exact) mass is 668 g/mol. The van der Waals surface area contributed by atoms with E-state index in [1.807, 2.05) is 72.8 Å². The number of hydrogen-bond acceptors (Lipinski definition) is 4. The van der Waals surface area contributed by atoms with Crippen LogP contribution in [0.25, 0.3) is 32.9 Å². The Labute approximate surface area is 303 Å². The molecule has 0 bridgehead atoms. The first kappa shape index (κ1) is 31.2. The zero-order valence-electron chi connectivity index (χ0n) is 28.3. The first-order valence-electron chi connectivity index (χ1n) is 17.5. The lowest BCUT2D eigenvalue weighted by Crippen LogP contribution is -2.33. The Balaban J connectivity index is 1.08. The average molecular weight is 669 g/mol. The van der Waals surface area contributed by atoms with Crippen LogP contribution < -0.4 is 5.32 Å². The van der Waals surface area contributed by atoms with Crippen LogP contribution in [0.5, 0.6) is 0 Å². The van der Waals surface area contributed by atoms with Gasteiger partial charge < -0.3 is 10.6 Å². The van der Waals surface area contributed by atoms with Crippen LogP contribution in [0.15, 0.2) is 203 Å². The van der Waals surface area contributed by atoms with Crippen molar-refractivity contribution in [3.05, 3.63) is 227 Å². The van der Waals surface area contributed by atoms with Crippen LogP contribution in [0.2, 0.25) is 0 Å². The number of nitrogens with one attached hydrogen (secondary N) is 1. The molecule has 7 aromatic rings. The number of amidine groups is 2. The van der Waals surface area contributed by atoms with Gasteiger partial charge in [-0.1, -0.05) is 182 Å². The molecule has 0 aliphatic carbocycles. The van der Waals surface area contributed by atoms with Crippen molar-refractivity contribution < 1.29 is 0 Å². The lowest BCUT2D eigenvalue weighted by Gasteiger charge is -2.37. The molecule has 52 heavy (non-hydrogen) atoms. The Hall–Kier alpha value is -6.85. The van der Waals surface area contributed by atoms with Crippen LogP contribution in [0, 0.1) is 0 Å². The van der Waals surface area contributed by atoms with Gasteiger partial charge in [0.05, 0.1) is 5.71 Å². The van der Waals surface area contributed by atoms with Crippen molar-refractivity contribution in [2.45, 2.75) is 12.3 Å². The highest BCUT2D eigenvalue weighted by atomic mass is 15.2. The third kappa shape index (κ3) is 6.21. The van der Waals surface area contributed by atoms with Crippen molar-refractivity contribution in [2.75, 3.05) is 0 Å². The Bertz CT molecular complexity index is 2490. The van der Waals surface area contributed by atoms with E-state index in [2.05, 4.69) is 121 Å². The van der Waals surface area contributed by atoms with Crippen LogP contribution >= 0.6 is 0 Å². The highest BCUT2D eigenvalue weighted by Gasteiger charge is 2.22. The number of aliphatic imine (C=N–C) groups is 3. The highest BCUT2D eigenvalue weighted by molar-refractivity contribution is 6.19. The standard InChI is InChI=1S/C47H34N5/c1-5-15-33(16-6-1)42-31-43(49-44(48-42)35-17-7-2-8-18-35)34-27-25-32(26-28-34)38-29-30-41(40-24-14-13-23-39(38)40)47-51-45(36-19-9-3-10-20-36)50-46(52-47)37-21-11-4-12-22-37/h1-31,44-45H,(H,50,51,52)/q-1. The summed E-state index contributed by atoms with van der Waals surface area (Å²) in [7, 11) is 0. The van der Waals surface area contributed by atoms with Gasteiger partial charge in [-0.2, -0.15) is 0 Å². The molecule has 0 amide bonds. The van der Waals surface area contributed by atoms with Gasteiger partial charge in [-0.25, -0.2) is 9.98 Å². The number of hydrogen-bond donors (Lipinski definition) is 1. The molecule has 0 fully saturated rings. The summed E-state index contributed by atoms with van der Waals surface area (Å²) >= 11 is 0. The Kier molecular flexibility index (Phi) is 8.27. The van der Waals surface area contributed by atoms with E-state index in [9.17, 15) is 0 Å². The molecule has 0 saturated carbocycles. The number of allylic oxidation sites excluding steroid dienone is 1. The summed E-state index contributed by atoms with van der Waals surface area (Å²) in [6.07, 6.45) is 1.53. The van der Waals surface area contributed by atoms with E-state index in [-0.39, 0.29) is 12.3 Å². The zero-order chi connectivity index (χ0) is 34.7. The van der Waals surface area contributed by atoms with Crippen molar-refractivity contribution in [3.8, 4) is 11.1 Å². The van der Waals surface area contributed by atoms with Crippen molar-refractivity contribution >= 4 is 33.9 Å². The first-order chi connectivity index (χ1) is 25.8. The van der Waals surface area contributed by atoms with Crippen LogP contribution in [0.1, 0.15) is 45.7 Å². The van der Waals surface area contributed by atoms with E-state index < -0.39 is 0 Å². The van der Waals surface area contributed by atoms with E-state index in [0.29, 0.717) is 5.84 Å². The molecule has 5 heteroatoms. The zero-order valence-corrected chi connectivity index (χ0v) is 28.3. The van der Waals surface area contributed by atoms with Gasteiger partial charge in [-0.15, -0.1) is 5.70 Å². The summed E-state index contributed by atoms with van der Waals surface area (Å²) < 4.78 is 0. The SMILES string of the molecule is C1=C(c2ccc(-c3ccc(C4=NC(c5ccccc5)NC(c5ccccc5)=N4)c4ccccc34)cc2)[N-]C(c2ccccc2)N=C1c1ccccc1. The van der Waals surface area contributed by atoms with Crippen molar-refractivity contribution in [1.29, 1.82) is 0 Å². The Morgan fingerprint density at radius 1 is 0.442 bits per heavy atom. The van der Waals surface area contributed by atoms with Gasteiger partial charge in [0.2, 0.25) is 0 Å². The third-order valence-corrected chi connectivity index (χ3v) is 9.53. The van der Waals surface area contributed by atoms with E-state index in [1.165, 1.54) is 0 Å². The molecule has 0 aromatic heterocycles. The largest absolute Gasteiger partial charge is 0.659 e. The molecule has 2 aliphatic rings. The molecular formula is C47H34N5-. The number of benzene rings is 7. The fourth-order valence-corrected chi connectivity index (χ4v) is 6.88. The fraction of sp³-hybridized carbons (Fsp3) is 0.0426. The molecule has 2 heterocycles. The topological polar surface area (TPSA) is 63.2 Å². The minimum atomic E-state index is -0.308. The van der Waals surface area contributed by atoms with Gasteiger partial charge in [0.1, 0.15) is 12.0 Å². The lowest BCUT2D eigenvalue weighted by atomic mass is 9.93. The molecule has 248 valence electrons. The lowest BCUT2D eigenvalue weighted by molar-refractivity contribution is 0.674. The molecule has 7 aromatic carbocycles. The van der Waals surface area contributed by atoms with Crippen molar-refractivity contribution in [1.82, 2.24) is 5.32 Å². The van der Waals surface area contributed by atoms with Crippen LogP contribution in [0.3, 0.4) is 0 Å². The van der Waals surface area contributed by atoms with Gasteiger partial charge in [-0.05, 0) is 50.2 Å². The maximum Gasteiger partial charge on any atom is 0.160 e. The van der Waals surface area contributed by atoms with Crippen LogP contribution in [-0.4, -0.2) is 17.4 Å². The maximum absolute atomic E-state index is 5.16. The fourth-order valence-electron chi connectivity index (χ4n) is 6.88. The molecule has 0 saturated heterocycles. The second kappa shape index (κ2) is 13.8. The second-order valence-electron chi connectivity index (χ2n) is 12.8. The van der Waals surface area contributed by atoms with E-state index in [4.69, 9.17) is 20.3 Å². The minimum absolute atomic E-state index is 0.261. The molecule has 1 N–H and O–H groups in total. The van der Waals surface area contributed by atoms with Gasteiger partial charge in [0.25, 0.3) is 0 Å². The smallest absolute Gasteiger partial charge is 0.160 e.